The molecule has 7 rings (SSSR count). The molecule has 2 aromatic carbocycles. The zero-order chi connectivity index (χ0) is 25.1. The van der Waals surface area contributed by atoms with Gasteiger partial charge in [0.05, 0.1) is 29.8 Å². The van der Waals surface area contributed by atoms with E-state index in [-0.39, 0.29) is 6.42 Å². The minimum Gasteiger partial charge on any atom is -0.493 e. The Kier molecular flexibility index (Phi) is 4.89. The summed E-state index contributed by atoms with van der Waals surface area (Å²) in [6.45, 7) is 2.64. The number of ether oxygens (including phenoxy) is 1. The Labute approximate surface area is 213 Å². The van der Waals surface area contributed by atoms with Crippen LogP contribution in [0.15, 0.2) is 67.0 Å². The van der Waals surface area contributed by atoms with E-state index in [2.05, 4.69) is 47.0 Å². The molecule has 6 heteroatoms. The van der Waals surface area contributed by atoms with Crippen LogP contribution in [0, 0.1) is 6.92 Å². The summed E-state index contributed by atoms with van der Waals surface area (Å²) in [7, 11) is 0. The van der Waals surface area contributed by atoms with Crippen molar-refractivity contribution in [3.63, 3.8) is 0 Å². The Morgan fingerprint density at radius 1 is 1.16 bits per heavy atom. The highest BCUT2D eigenvalue weighted by Crippen LogP contribution is 2.42. The maximum atomic E-state index is 12.0. The lowest BCUT2D eigenvalue weighted by molar-refractivity contribution is -0.136. The summed E-state index contributed by atoms with van der Waals surface area (Å²) in [5.41, 5.74) is 9.56. The third kappa shape index (κ3) is 3.44. The summed E-state index contributed by atoms with van der Waals surface area (Å²) in [6.07, 6.45) is 13.3. The van der Waals surface area contributed by atoms with Gasteiger partial charge in [0.1, 0.15) is 11.4 Å². The van der Waals surface area contributed by atoms with Crippen molar-refractivity contribution in [3.8, 4) is 16.9 Å². The van der Waals surface area contributed by atoms with Crippen LogP contribution >= 0.6 is 0 Å². The molecule has 0 bridgehead atoms. The Bertz CT molecular complexity index is 1820. The molecular formula is C31H25N3O3. The quantitative estimate of drug-likeness (QED) is 0.322. The standard InChI is InChI=1S/C31H25N3O3/c1-18-15-25-21(8-10-27-33-24(17-34(25)27)19-5-3-2-4-6-19)30(23(18)16-28(35)36)22-7-9-26-29-20(12-14-37-26)11-13-32-31(22)29/h3,5-11,13,15,17H,2,4,12,14,16H2,1H3,(H,35,36). The Hall–Kier alpha value is -4.45. The molecular weight excluding hydrogens is 462 g/mol. The molecule has 0 amide bonds. The maximum Gasteiger partial charge on any atom is 0.307 e. The summed E-state index contributed by atoms with van der Waals surface area (Å²) in [5, 5.41) is 11.8. The first-order valence-electron chi connectivity index (χ1n) is 12.7. The number of aryl methyl sites for hydroxylation is 1. The number of carboxylic acids is 1. The van der Waals surface area contributed by atoms with E-state index in [1.165, 1.54) is 5.56 Å². The van der Waals surface area contributed by atoms with E-state index in [0.29, 0.717) is 6.61 Å². The predicted octanol–water partition coefficient (Wildman–Crippen LogP) is 6.31. The van der Waals surface area contributed by atoms with Crippen LogP contribution in [0.3, 0.4) is 0 Å². The van der Waals surface area contributed by atoms with Crippen LogP contribution in [0.1, 0.15) is 35.2 Å². The van der Waals surface area contributed by atoms with Crippen molar-refractivity contribution in [2.75, 3.05) is 6.61 Å². The molecule has 4 heterocycles. The van der Waals surface area contributed by atoms with Gasteiger partial charge in [-0.15, -0.1) is 0 Å². The number of aliphatic carboxylic acids is 1. The van der Waals surface area contributed by atoms with E-state index in [0.717, 1.165) is 86.0 Å². The van der Waals surface area contributed by atoms with Gasteiger partial charge in [0.2, 0.25) is 0 Å². The number of rotatable bonds is 4. The van der Waals surface area contributed by atoms with Crippen LogP contribution in [0.2, 0.25) is 0 Å². The number of aromatic nitrogens is 3. The smallest absolute Gasteiger partial charge is 0.307 e. The van der Waals surface area contributed by atoms with Crippen molar-refractivity contribution < 1.29 is 14.6 Å². The highest BCUT2D eigenvalue weighted by atomic mass is 16.5. The first kappa shape index (κ1) is 21.8. The molecule has 37 heavy (non-hydrogen) atoms. The molecule has 0 fully saturated rings. The second-order valence-electron chi connectivity index (χ2n) is 9.78. The van der Waals surface area contributed by atoms with Crippen molar-refractivity contribution >= 4 is 39.0 Å². The summed E-state index contributed by atoms with van der Waals surface area (Å²) in [5.74, 6) is -0.0231. The Morgan fingerprint density at radius 2 is 2.08 bits per heavy atom. The number of fused-ring (bicyclic) bond motifs is 3. The molecule has 1 aliphatic heterocycles. The normalized spacial score (nSPS) is 14.8. The molecule has 3 aromatic heterocycles. The van der Waals surface area contributed by atoms with Gasteiger partial charge in [-0.2, -0.15) is 0 Å². The fourth-order valence-electron chi connectivity index (χ4n) is 5.82. The van der Waals surface area contributed by atoms with Crippen LogP contribution < -0.4 is 4.74 Å². The minimum atomic E-state index is -0.857. The molecule has 0 saturated carbocycles. The summed E-state index contributed by atoms with van der Waals surface area (Å²) in [4.78, 5) is 21.7. The number of hydrogen-bond donors (Lipinski definition) is 1. The van der Waals surface area contributed by atoms with E-state index in [4.69, 9.17) is 14.7 Å². The topological polar surface area (TPSA) is 76.7 Å². The zero-order valence-electron chi connectivity index (χ0n) is 20.5. The lowest BCUT2D eigenvalue weighted by atomic mass is 9.88. The lowest BCUT2D eigenvalue weighted by Crippen LogP contribution is -2.10. The van der Waals surface area contributed by atoms with Crippen LogP contribution in [0.25, 0.3) is 44.2 Å². The van der Waals surface area contributed by atoms with Gasteiger partial charge in [0.15, 0.2) is 0 Å². The van der Waals surface area contributed by atoms with Crippen molar-refractivity contribution in [2.45, 2.75) is 32.6 Å². The van der Waals surface area contributed by atoms with Crippen molar-refractivity contribution in [1.82, 2.24) is 14.4 Å². The molecule has 0 unspecified atom stereocenters. The van der Waals surface area contributed by atoms with Gasteiger partial charge in [-0.1, -0.05) is 18.2 Å². The first-order valence-corrected chi connectivity index (χ1v) is 12.7. The number of pyridine rings is 2. The third-order valence-corrected chi connectivity index (χ3v) is 7.53. The monoisotopic (exact) mass is 487 g/mol. The summed E-state index contributed by atoms with van der Waals surface area (Å²) >= 11 is 0. The summed E-state index contributed by atoms with van der Waals surface area (Å²) < 4.78 is 8.07. The average molecular weight is 488 g/mol. The molecule has 2 aliphatic rings. The molecule has 0 atom stereocenters. The number of benzene rings is 2. The number of nitrogens with zero attached hydrogens (tertiary/aromatic N) is 3. The Morgan fingerprint density at radius 3 is 2.92 bits per heavy atom. The third-order valence-electron chi connectivity index (χ3n) is 7.53. The highest BCUT2D eigenvalue weighted by Gasteiger charge is 2.23. The maximum absolute atomic E-state index is 12.0. The SMILES string of the molecule is Cc1cc2c(ccc3nc(C4=CCCC=C4)cn32)c(-c2ccc3c4c(ccnc24)CCO3)c1CC(=O)O. The van der Waals surface area contributed by atoms with Gasteiger partial charge in [0.25, 0.3) is 0 Å². The molecule has 6 nitrogen and oxygen atoms in total. The van der Waals surface area contributed by atoms with E-state index in [9.17, 15) is 9.90 Å². The van der Waals surface area contributed by atoms with Crippen molar-refractivity contribution in [1.29, 1.82) is 0 Å². The number of hydrogen-bond acceptors (Lipinski definition) is 4. The van der Waals surface area contributed by atoms with E-state index >= 15 is 0 Å². The van der Waals surface area contributed by atoms with Gasteiger partial charge in [-0.05, 0) is 84.0 Å². The van der Waals surface area contributed by atoms with Gasteiger partial charge < -0.3 is 9.84 Å². The number of carboxylic acid groups (broad SMARTS) is 1. The fourth-order valence-corrected chi connectivity index (χ4v) is 5.82. The highest BCUT2D eigenvalue weighted by molar-refractivity contribution is 6.08. The van der Waals surface area contributed by atoms with E-state index in [1.54, 1.807) is 0 Å². The molecule has 1 N–H and O–H groups in total. The number of imidazole rings is 1. The largest absolute Gasteiger partial charge is 0.493 e. The molecule has 1 aliphatic carbocycles. The van der Waals surface area contributed by atoms with Crippen molar-refractivity contribution in [3.05, 3.63) is 89.4 Å². The second-order valence-corrected chi connectivity index (χ2v) is 9.78. The number of allylic oxidation sites excluding steroid dienone is 4. The van der Waals surface area contributed by atoms with Crippen LogP contribution in [-0.2, 0) is 17.6 Å². The van der Waals surface area contributed by atoms with Crippen molar-refractivity contribution in [2.24, 2.45) is 0 Å². The molecule has 0 radical (unpaired) electrons. The molecule has 0 saturated heterocycles. The van der Waals surface area contributed by atoms with Gasteiger partial charge in [0, 0.05) is 35.2 Å². The summed E-state index contributed by atoms with van der Waals surface area (Å²) in [6, 6.07) is 12.2. The Balaban J connectivity index is 1.56. The molecule has 182 valence electrons. The zero-order valence-corrected chi connectivity index (χ0v) is 20.5. The van der Waals surface area contributed by atoms with E-state index in [1.807, 2.05) is 31.3 Å². The van der Waals surface area contributed by atoms with Gasteiger partial charge in [-0.3, -0.25) is 14.2 Å². The van der Waals surface area contributed by atoms with Crippen LogP contribution in [0.5, 0.6) is 5.75 Å². The minimum absolute atomic E-state index is 0.0680. The number of carbonyl (C=O) groups is 1. The molecule has 5 aromatic rings. The van der Waals surface area contributed by atoms with E-state index < -0.39 is 5.97 Å². The molecule has 0 spiro atoms. The van der Waals surface area contributed by atoms with Gasteiger partial charge in [-0.25, -0.2) is 4.98 Å². The lowest BCUT2D eigenvalue weighted by Gasteiger charge is -2.22. The fraction of sp³-hybridized carbons (Fsp3) is 0.194. The van der Waals surface area contributed by atoms with Crippen LogP contribution in [-0.4, -0.2) is 32.1 Å². The predicted molar refractivity (Wildman–Crippen MR) is 145 cm³/mol. The first-order chi connectivity index (χ1) is 18.1. The van der Waals surface area contributed by atoms with Crippen LogP contribution in [0.4, 0.5) is 0 Å². The average Bonchev–Trinajstić information content (AvgIpc) is 3.36. The second kappa shape index (κ2) is 8.30. The van der Waals surface area contributed by atoms with Gasteiger partial charge >= 0.3 is 5.97 Å².